The lowest BCUT2D eigenvalue weighted by atomic mass is 9.97. The average molecular weight is 404 g/mol. The molecule has 1 heterocycles. The molecule has 0 saturated carbocycles. The first-order valence-corrected chi connectivity index (χ1v) is 11.6. The highest BCUT2D eigenvalue weighted by Gasteiger charge is 2.50. The van der Waals surface area contributed by atoms with Gasteiger partial charge in [0, 0.05) is 18.8 Å². The summed E-state index contributed by atoms with van der Waals surface area (Å²) >= 11 is 0. The Morgan fingerprint density at radius 1 is 1.19 bits per heavy atom. The molecule has 0 aromatic rings. The number of hydrogen-bond donors (Lipinski definition) is 1. The number of hydrogen-bond acceptors (Lipinski definition) is 8. The zero-order valence-electron chi connectivity index (χ0n) is 16.8. The van der Waals surface area contributed by atoms with Crippen molar-refractivity contribution in [1.82, 2.24) is 0 Å². The van der Waals surface area contributed by atoms with Crippen molar-refractivity contribution < 1.29 is 33.3 Å². The maximum absolute atomic E-state index is 11.6. The third-order valence-electron chi connectivity index (χ3n) is 4.84. The summed E-state index contributed by atoms with van der Waals surface area (Å²) in [6, 6.07) is -1.26. The van der Waals surface area contributed by atoms with Crippen LogP contribution in [0.3, 0.4) is 0 Å². The average Bonchev–Trinajstić information content (AvgIpc) is 2.50. The molecule has 1 fully saturated rings. The molecule has 11 heteroatoms. The van der Waals surface area contributed by atoms with Crippen LogP contribution in [0, 0.1) is 0 Å². The molecule has 0 amide bonds. The van der Waals surface area contributed by atoms with E-state index in [4.69, 9.17) is 24.2 Å². The normalized spacial score (nSPS) is 28.8. The molecule has 27 heavy (non-hydrogen) atoms. The van der Waals surface area contributed by atoms with Gasteiger partial charge in [0.25, 0.3) is 0 Å². The number of esters is 2. The molecular weight excluding hydrogens is 374 g/mol. The van der Waals surface area contributed by atoms with Crippen molar-refractivity contribution >= 4 is 20.3 Å². The van der Waals surface area contributed by atoms with Crippen LogP contribution in [0.4, 0.5) is 0 Å². The number of aliphatic hydroxyl groups is 1. The molecule has 0 aromatic carbocycles. The Balaban J connectivity index is 3.15. The molecule has 10 nitrogen and oxygen atoms in total. The van der Waals surface area contributed by atoms with Crippen LogP contribution in [0.2, 0.25) is 18.1 Å². The summed E-state index contributed by atoms with van der Waals surface area (Å²) < 4.78 is 22.1. The predicted molar refractivity (Wildman–Crippen MR) is 98.1 cm³/mol. The van der Waals surface area contributed by atoms with Gasteiger partial charge in [-0.1, -0.05) is 25.9 Å². The fourth-order valence-electron chi connectivity index (χ4n) is 2.39. The summed E-state index contributed by atoms with van der Waals surface area (Å²) in [5.41, 5.74) is 8.75. The number of azide groups is 1. The zero-order chi connectivity index (χ0) is 21.0. The maximum Gasteiger partial charge on any atom is 0.303 e. The second kappa shape index (κ2) is 9.02. The first kappa shape index (κ1) is 23.4. The predicted octanol–water partition coefficient (Wildman–Crippen LogP) is 2.27. The molecule has 0 spiro atoms. The van der Waals surface area contributed by atoms with E-state index in [-0.39, 0.29) is 11.6 Å². The number of nitrogens with zero attached hydrogens (tertiary/aromatic N) is 3. The van der Waals surface area contributed by atoms with Gasteiger partial charge in [0.1, 0.15) is 12.1 Å². The van der Waals surface area contributed by atoms with Crippen molar-refractivity contribution in [2.75, 3.05) is 6.61 Å². The van der Waals surface area contributed by atoms with Crippen LogP contribution >= 0.6 is 0 Å². The number of rotatable bonds is 6. The molecule has 0 bridgehead atoms. The van der Waals surface area contributed by atoms with E-state index in [2.05, 4.69) is 30.8 Å². The highest BCUT2D eigenvalue weighted by Crippen LogP contribution is 2.37. The molecule has 1 aliphatic rings. The molecular formula is C16H29N3O7Si. The zero-order valence-corrected chi connectivity index (χ0v) is 17.8. The Morgan fingerprint density at radius 3 is 2.15 bits per heavy atom. The van der Waals surface area contributed by atoms with Gasteiger partial charge in [0.2, 0.25) is 0 Å². The lowest BCUT2D eigenvalue weighted by Crippen LogP contribution is -2.61. The summed E-state index contributed by atoms with van der Waals surface area (Å²) in [6.45, 7) is 12.7. The number of carbonyl (C=O) groups is 2. The summed E-state index contributed by atoms with van der Waals surface area (Å²) in [7, 11) is -2.16. The van der Waals surface area contributed by atoms with Gasteiger partial charge in [-0.2, -0.15) is 0 Å². The third kappa shape index (κ3) is 6.18. The van der Waals surface area contributed by atoms with Crippen molar-refractivity contribution in [3.63, 3.8) is 0 Å². The Hall–Kier alpha value is -1.65. The van der Waals surface area contributed by atoms with E-state index in [1.165, 1.54) is 13.8 Å². The highest BCUT2D eigenvalue weighted by atomic mass is 28.4. The first-order valence-electron chi connectivity index (χ1n) is 8.66. The smallest absolute Gasteiger partial charge is 0.303 e. The van der Waals surface area contributed by atoms with Gasteiger partial charge in [-0.3, -0.25) is 9.59 Å². The van der Waals surface area contributed by atoms with Gasteiger partial charge in [0.05, 0.1) is 6.61 Å². The van der Waals surface area contributed by atoms with Crippen LogP contribution in [0.25, 0.3) is 10.4 Å². The monoisotopic (exact) mass is 403 g/mol. The lowest BCUT2D eigenvalue weighted by molar-refractivity contribution is -0.258. The van der Waals surface area contributed by atoms with Crippen LogP contribution in [0.1, 0.15) is 34.6 Å². The van der Waals surface area contributed by atoms with Gasteiger partial charge in [-0.05, 0) is 23.7 Å². The van der Waals surface area contributed by atoms with Crippen LogP contribution in [-0.2, 0) is 28.2 Å². The van der Waals surface area contributed by atoms with Crippen molar-refractivity contribution in [1.29, 1.82) is 0 Å². The first-order chi connectivity index (χ1) is 12.3. The topological polar surface area (TPSA) is 140 Å². The largest absolute Gasteiger partial charge is 0.458 e. The minimum atomic E-state index is -2.16. The number of ether oxygens (including phenoxy) is 3. The van der Waals surface area contributed by atoms with Gasteiger partial charge in [-0.25, -0.2) is 0 Å². The van der Waals surface area contributed by atoms with E-state index in [1.54, 1.807) is 0 Å². The molecule has 1 aliphatic heterocycles. The van der Waals surface area contributed by atoms with Gasteiger partial charge < -0.3 is 23.7 Å². The van der Waals surface area contributed by atoms with Crippen molar-refractivity contribution in [3.05, 3.63) is 10.4 Å². The van der Waals surface area contributed by atoms with E-state index < -0.39 is 50.9 Å². The van der Waals surface area contributed by atoms with Crippen LogP contribution in [0.5, 0.6) is 0 Å². The Labute approximate surface area is 159 Å². The summed E-state index contributed by atoms with van der Waals surface area (Å²) in [6.07, 6.45) is -4.72. The molecule has 0 unspecified atom stereocenters. The quantitative estimate of drug-likeness (QED) is 0.236. The Morgan fingerprint density at radius 2 is 1.70 bits per heavy atom. The maximum atomic E-state index is 11.6. The molecule has 0 aliphatic carbocycles. The van der Waals surface area contributed by atoms with Crippen LogP contribution < -0.4 is 0 Å². The van der Waals surface area contributed by atoms with Crippen LogP contribution in [0.15, 0.2) is 5.11 Å². The highest BCUT2D eigenvalue weighted by molar-refractivity contribution is 6.74. The van der Waals surface area contributed by atoms with E-state index in [0.29, 0.717) is 0 Å². The van der Waals surface area contributed by atoms with E-state index in [1.807, 2.05) is 13.1 Å². The standard InChI is InChI=1S/C16H29N3O7Si/c1-9(20)24-13-11(8-23-27(6,7)16(3,4)5)26-15(22)12(18-19-17)14(13)25-10(2)21/h11-15,22H,8H2,1-7H3/t11-,12+,13-,14-,15+/m1/s1. The molecule has 0 aromatic heterocycles. The lowest BCUT2D eigenvalue weighted by Gasteiger charge is -2.44. The molecule has 1 rings (SSSR count). The molecule has 154 valence electrons. The Bertz CT molecular complexity index is 601. The molecule has 1 N–H and O–H groups in total. The number of aliphatic hydroxyl groups excluding tert-OH is 1. The molecule has 5 atom stereocenters. The van der Waals surface area contributed by atoms with Gasteiger partial charge >= 0.3 is 11.9 Å². The van der Waals surface area contributed by atoms with E-state index >= 15 is 0 Å². The minimum absolute atomic E-state index is 0.0201. The third-order valence-corrected chi connectivity index (χ3v) is 9.34. The fourth-order valence-corrected chi connectivity index (χ4v) is 3.41. The van der Waals surface area contributed by atoms with Gasteiger partial charge in [0.15, 0.2) is 26.8 Å². The summed E-state index contributed by atoms with van der Waals surface area (Å²) in [5, 5.41) is 13.6. The van der Waals surface area contributed by atoms with E-state index in [0.717, 1.165) is 0 Å². The summed E-state index contributed by atoms with van der Waals surface area (Å²) in [4.78, 5) is 25.7. The van der Waals surface area contributed by atoms with E-state index in [9.17, 15) is 14.7 Å². The van der Waals surface area contributed by atoms with Gasteiger partial charge in [-0.15, -0.1) is 0 Å². The summed E-state index contributed by atoms with van der Waals surface area (Å²) in [5.74, 6) is -1.30. The number of carbonyl (C=O) groups excluding carboxylic acids is 2. The Kier molecular flexibility index (Phi) is 7.82. The van der Waals surface area contributed by atoms with Crippen molar-refractivity contribution in [3.8, 4) is 0 Å². The molecule has 1 saturated heterocycles. The molecule has 0 radical (unpaired) electrons. The fraction of sp³-hybridized carbons (Fsp3) is 0.875. The second-order valence-corrected chi connectivity index (χ2v) is 12.8. The van der Waals surface area contributed by atoms with Crippen LogP contribution in [-0.4, -0.2) is 62.6 Å². The van der Waals surface area contributed by atoms with Crippen molar-refractivity contribution in [2.24, 2.45) is 5.11 Å². The SMILES string of the molecule is CC(=O)O[C@@H]1[C@H](N=[N+]=[N-])[C@@H](O)O[C@H](CO[Si](C)(C)C(C)(C)C)[C@H]1OC(C)=O. The minimum Gasteiger partial charge on any atom is -0.458 e. The second-order valence-electron chi connectivity index (χ2n) is 7.98. The van der Waals surface area contributed by atoms with Crippen molar-refractivity contribution in [2.45, 2.75) is 83.4 Å².